The summed E-state index contributed by atoms with van der Waals surface area (Å²) in [6.07, 6.45) is 5.37. The number of carbonyl (C=O) groups excluding carboxylic acids is 4. The third-order valence-corrected chi connectivity index (χ3v) is 9.36. The van der Waals surface area contributed by atoms with Crippen molar-refractivity contribution >= 4 is 47.4 Å². The van der Waals surface area contributed by atoms with Crippen molar-refractivity contribution in [2.45, 2.75) is 73.6 Å². The van der Waals surface area contributed by atoms with Gasteiger partial charge in [0.1, 0.15) is 13.1 Å². The molecule has 0 saturated carbocycles. The average Bonchev–Trinajstić information content (AvgIpc) is 3.25. The number of imide groups is 2. The predicted molar refractivity (Wildman–Crippen MR) is 154 cm³/mol. The molecule has 0 aromatic carbocycles. The number of nitrogens with zero attached hydrogens (tertiary/aromatic N) is 4. The van der Waals surface area contributed by atoms with Crippen LogP contribution in [0.4, 0.5) is 9.59 Å². The van der Waals surface area contributed by atoms with Crippen LogP contribution in [0.1, 0.15) is 73.6 Å². The maximum atomic E-state index is 12.3. The first-order valence-corrected chi connectivity index (χ1v) is 16.1. The van der Waals surface area contributed by atoms with Crippen LogP contribution in [0.25, 0.3) is 0 Å². The molecule has 2 heterocycles. The molecular weight excluding hydrogens is 508 g/mol. The number of thioether (sulfide) groups is 2. The van der Waals surface area contributed by atoms with E-state index < -0.39 is 0 Å². The lowest BCUT2D eigenvalue weighted by Gasteiger charge is -2.29. The topological polar surface area (TPSA) is 81.2 Å². The lowest BCUT2D eigenvalue weighted by Crippen LogP contribution is -2.39. The molecule has 37 heavy (non-hydrogen) atoms. The van der Waals surface area contributed by atoms with E-state index in [0.717, 1.165) is 48.7 Å². The van der Waals surface area contributed by atoms with Gasteiger partial charge in [-0.05, 0) is 79.8 Å². The van der Waals surface area contributed by atoms with Gasteiger partial charge in [-0.3, -0.25) is 19.4 Å². The van der Waals surface area contributed by atoms with Gasteiger partial charge in [0.25, 0.3) is 0 Å². The van der Waals surface area contributed by atoms with Crippen molar-refractivity contribution < 1.29 is 19.2 Å². The van der Waals surface area contributed by atoms with E-state index in [-0.39, 0.29) is 47.8 Å². The number of carbonyl (C=O) groups is 4. The standard InChI is InChI=1S/C27H48N4O4S2/c1-7-28-18-22(32)30(24(28)34)20-26(3,4)12-9-14-36-16-11-17-37-15-10-13-27(5,6)21-31-23(33)19-29(8-2)25(31)35/h7-21H2,1-6H3. The van der Waals surface area contributed by atoms with Crippen LogP contribution in [-0.4, -0.2) is 106 Å². The summed E-state index contributed by atoms with van der Waals surface area (Å²) in [5, 5.41) is 0. The summed E-state index contributed by atoms with van der Waals surface area (Å²) >= 11 is 3.98. The number of hydrogen-bond donors (Lipinski definition) is 0. The molecule has 0 bridgehead atoms. The first kappa shape index (κ1) is 31.8. The normalized spacial score (nSPS) is 17.2. The Hall–Kier alpha value is -1.42. The summed E-state index contributed by atoms with van der Waals surface area (Å²) in [5.41, 5.74) is -0.131. The maximum Gasteiger partial charge on any atom is 0.327 e. The minimum absolute atomic E-state index is 0.0655. The van der Waals surface area contributed by atoms with Gasteiger partial charge in [0.15, 0.2) is 0 Å². The van der Waals surface area contributed by atoms with Crippen molar-refractivity contribution in [3.05, 3.63) is 0 Å². The van der Waals surface area contributed by atoms with Crippen LogP contribution in [0, 0.1) is 10.8 Å². The smallest absolute Gasteiger partial charge is 0.315 e. The fourth-order valence-electron chi connectivity index (χ4n) is 4.78. The molecule has 0 spiro atoms. The van der Waals surface area contributed by atoms with Gasteiger partial charge >= 0.3 is 12.1 Å². The molecule has 2 rings (SSSR count). The van der Waals surface area contributed by atoms with Gasteiger partial charge in [0.05, 0.1) is 0 Å². The van der Waals surface area contributed by atoms with Crippen LogP contribution in [0.2, 0.25) is 0 Å². The zero-order valence-electron chi connectivity index (χ0n) is 23.8. The van der Waals surface area contributed by atoms with Crippen LogP contribution in [0.5, 0.6) is 0 Å². The maximum absolute atomic E-state index is 12.3. The molecule has 0 aromatic rings. The third kappa shape index (κ3) is 10.0. The summed E-state index contributed by atoms with van der Waals surface area (Å²) in [7, 11) is 0. The second kappa shape index (κ2) is 14.7. The molecule has 0 aliphatic carbocycles. The van der Waals surface area contributed by atoms with Gasteiger partial charge in [-0.25, -0.2) is 9.59 Å². The Morgan fingerprint density at radius 2 is 0.973 bits per heavy atom. The third-order valence-electron chi connectivity index (χ3n) is 7.05. The van der Waals surface area contributed by atoms with Crippen LogP contribution >= 0.6 is 23.5 Å². The van der Waals surface area contributed by atoms with Gasteiger partial charge in [0.2, 0.25) is 11.8 Å². The number of rotatable bonds is 18. The van der Waals surface area contributed by atoms with Crippen LogP contribution in [0.15, 0.2) is 0 Å². The van der Waals surface area contributed by atoms with Gasteiger partial charge in [-0.2, -0.15) is 23.5 Å². The van der Waals surface area contributed by atoms with E-state index in [0.29, 0.717) is 26.2 Å². The van der Waals surface area contributed by atoms with E-state index in [1.807, 2.05) is 37.4 Å². The summed E-state index contributed by atoms with van der Waals surface area (Å²) in [4.78, 5) is 55.1. The molecular formula is C27H48N4O4S2. The van der Waals surface area contributed by atoms with E-state index in [4.69, 9.17) is 0 Å². The lowest BCUT2D eigenvalue weighted by atomic mass is 9.87. The molecule has 0 aromatic heterocycles. The molecule has 0 unspecified atom stereocenters. The number of likely N-dealkylation sites (N-methyl/N-ethyl adjacent to an activating group) is 2. The van der Waals surface area contributed by atoms with E-state index in [1.165, 1.54) is 16.2 Å². The Labute approximate surface area is 232 Å². The molecule has 6 amide bonds. The SMILES string of the molecule is CCN1CC(=O)N(CC(C)(C)CCCSCCCSCCCC(C)(C)CN2C(=O)CN(CC)C2=O)C1=O. The molecule has 212 valence electrons. The highest BCUT2D eigenvalue weighted by atomic mass is 32.2. The zero-order chi connectivity index (χ0) is 27.6. The molecule has 2 aliphatic heterocycles. The Kier molecular flexibility index (Phi) is 12.6. The second-order valence-electron chi connectivity index (χ2n) is 11.7. The minimum atomic E-state index is -0.142. The van der Waals surface area contributed by atoms with Gasteiger partial charge in [0, 0.05) is 26.2 Å². The molecule has 8 nitrogen and oxygen atoms in total. The van der Waals surface area contributed by atoms with E-state index in [1.54, 1.807) is 9.80 Å². The highest BCUT2D eigenvalue weighted by molar-refractivity contribution is 8.00. The largest absolute Gasteiger partial charge is 0.327 e. The molecule has 0 N–H and O–H groups in total. The van der Waals surface area contributed by atoms with Crippen molar-refractivity contribution in [2.75, 3.05) is 62.3 Å². The van der Waals surface area contributed by atoms with E-state index in [9.17, 15) is 19.2 Å². The zero-order valence-corrected chi connectivity index (χ0v) is 25.5. The van der Waals surface area contributed by atoms with Crippen molar-refractivity contribution in [3.63, 3.8) is 0 Å². The molecule has 10 heteroatoms. The van der Waals surface area contributed by atoms with Crippen LogP contribution < -0.4 is 0 Å². The molecule has 2 aliphatic rings. The summed E-state index contributed by atoms with van der Waals surface area (Å²) < 4.78 is 0. The first-order valence-electron chi connectivity index (χ1n) is 13.7. The molecule has 0 atom stereocenters. The highest BCUT2D eigenvalue weighted by Gasteiger charge is 2.39. The Bertz CT molecular complexity index is 741. The van der Waals surface area contributed by atoms with Gasteiger partial charge < -0.3 is 9.80 Å². The number of amides is 6. The Morgan fingerprint density at radius 3 is 1.30 bits per heavy atom. The number of urea groups is 2. The summed E-state index contributed by atoms with van der Waals surface area (Å²) in [5.74, 6) is 4.37. The predicted octanol–water partition coefficient (Wildman–Crippen LogP) is 5.02. The lowest BCUT2D eigenvalue weighted by molar-refractivity contribution is -0.127. The molecule has 2 saturated heterocycles. The van der Waals surface area contributed by atoms with Crippen LogP contribution in [-0.2, 0) is 9.59 Å². The first-order chi connectivity index (χ1) is 17.4. The fourth-order valence-corrected chi connectivity index (χ4v) is 6.76. The van der Waals surface area contributed by atoms with Gasteiger partial charge in [-0.1, -0.05) is 27.7 Å². The van der Waals surface area contributed by atoms with Crippen molar-refractivity contribution in [2.24, 2.45) is 10.8 Å². The molecule has 0 radical (unpaired) electrons. The van der Waals surface area contributed by atoms with E-state index in [2.05, 4.69) is 27.7 Å². The van der Waals surface area contributed by atoms with Gasteiger partial charge in [-0.15, -0.1) is 0 Å². The Balaban J connectivity index is 1.49. The summed E-state index contributed by atoms with van der Waals surface area (Å²) in [6.45, 7) is 15.0. The highest BCUT2D eigenvalue weighted by Crippen LogP contribution is 2.28. The second-order valence-corrected chi connectivity index (χ2v) is 14.1. The summed E-state index contributed by atoms with van der Waals surface area (Å²) in [6, 6.07) is -0.285. The quantitative estimate of drug-likeness (QED) is 0.174. The van der Waals surface area contributed by atoms with Crippen LogP contribution in [0.3, 0.4) is 0 Å². The fraction of sp³-hybridized carbons (Fsp3) is 0.852. The van der Waals surface area contributed by atoms with Crippen molar-refractivity contribution in [1.82, 2.24) is 19.6 Å². The average molecular weight is 557 g/mol. The van der Waals surface area contributed by atoms with Crippen molar-refractivity contribution in [3.8, 4) is 0 Å². The molecule has 2 fully saturated rings. The number of hydrogen-bond acceptors (Lipinski definition) is 6. The van der Waals surface area contributed by atoms with E-state index >= 15 is 0 Å². The Morgan fingerprint density at radius 1 is 0.622 bits per heavy atom. The minimum Gasteiger partial charge on any atom is -0.315 e. The van der Waals surface area contributed by atoms with Crippen molar-refractivity contribution in [1.29, 1.82) is 0 Å². The monoisotopic (exact) mass is 556 g/mol.